The van der Waals surface area contributed by atoms with Gasteiger partial charge in [-0.25, -0.2) is 4.98 Å². The van der Waals surface area contributed by atoms with Crippen LogP contribution in [-0.4, -0.2) is 21.7 Å². The van der Waals surface area contributed by atoms with Gasteiger partial charge in [-0.1, -0.05) is 23.5 Å². The fraction of sp³-hybridized carbons (Fsp3) is 0.273. The number of aliphatic hydroxyl groups is 1. The normalized spacial score (nSPS) is 14.7. The van der Waals surface area contributed by atoms with Crippen molar-refractivity contribution in [2.75, 3.05) is 0 Å². The number of hydrogen-bond donors (Lipinski definition) is 1. The molecule has 0 aliphatic heterocycles. The Morgan fingerprint density at radius 1 is 1.50 bits per heavy atom. The van der Waals surface area contributed by atoms with E-state index in [9.17, 15) is 9.90 Å². The smallest absolute Gasteiger partial charge is 0.277 e. The van der Waals surface area contributed by atoms with Crippen LogP contribution in [0.15, 0.2) is 24.3 Å². The third kappa shape index (κ3) is 2.05. The van der Waals surface area contributed by atoms with Gasteiger partial charge in [-0.05, 0) is 12.1 Å². The topological polar surface area (TPSA) is 59.4 Å². The molecule has 5 heteroatoms. The molecule has 0 saturated carbocycles. The average molecular weight is 237 g/mol. The van der Waals surface area contributed by atoms with Crippen LogP contribution in [-0.2, 0) is 4.79 Å². The molecular formula is C11H11NO3S. The quantitative estimate of drug-likeness (QED) is 0.829. The number of ketones is 1. The minimum Gasteiger partial charge on any atom is -0.430 e. The highest BCUT2D eigenvalue weighted by atomic mass is 32.1. The molecule has 0 aliphatic carbocycles. The molecule has 0 fully saturated rings. The molecule has 16 heavy (non-hydrogen) atoms. The van der Waals surface area contributed by atoms with Gasteiger partial charge in [-0.3, -0.25) is 4.79 Å². The Balaban J connectivity index is 2.32. The van der Waals surface area contributed by atoms with Gasteiger partial charge in [0, 0.05) is 13.8 Å². The van der Waals surface area contributed by atoms with Crippen molar-refractivity contribution in [3.63, 3.8) is 0 Å². The molecule has 0 spiro atoms. The third-order valence-corrected chi connectivity index (χ3v) is 3.13. The number of carbonyl (C=O) groups is 1. The number of thiazole rings is 1. The summed E-state index contributed by atoms with van der Waals surface area (Å²) in [7, 11) is 0. The van der Waals surface area contributed by atoms with Gasteiger partial charge in [0.2, 0.25) is 5.78 Å². The number of rotatable bonds is 3. The molecule has 84 valence electrons. The van der Waals surface area contributed by atoms with Crippen LogP contribution in [0.1, 0.15) is 13.8 Å². The summed E-state index contributed by atoms with van der Waals surface area (Å²) in [5.41, 5.74) is 0.793. The first kappa shape index (κ1) is 11.0. The lowest BCUT2D eigenvalue weighted by Gasteiger charge is -2.18. The van der Waals surface area contributed by atoms with Crippen LogP contribution in [0.2, 0.25) is 0 Å². The van der Waals surface area contributed by atoms with Gasteiger partial charge in [-0.15, -0.1) is 0 Å². The molecule has 1 atom stereocenters. The number of fused-ring (bicyclic) bond motifs is 1. The zero-order chi connectivity index (χ0) is 11.8. The summed E-state index contributed by atoms with van der Waals surface area (Å²) >= 11 is 1.30. The molecule has 0 bridgehead atoms. The standard InChI is InChI=1S/C11H11NO3S/c1-7(13)11(2,14)15-10-12-8-5-3-4-6-9(8)16-10/h3-6,14H,1-2H3. The van der Waals surface area contributed by atoms with E-state index in [0.29, 0.717) is 5.19 Å². The number of para-hydroxylation sites is 1. The minimum atomic E-state index is -1.81. The highest BCUT2D eigenvalue weighted by molar-refractivity contribution is 7.20. The maximum absolute atomic E-state index is 11.1. The van der Waals surface area contributed by atoms with Gasteiger partial charge in [0.15, 0.2) is 0 Å². The van der Waals surface area contributed by atoms with Gasteiger partial charge in [0.1, 0.15) is 0 Å². The van der Waals surface area contributed by atoms with Gasteiger partial charge in [0.05, 0.1) is 10.2 Å². The second kappa shape index (κ2) is 3.84. The molecule has 2 aromatic rings. The van der Waals surface area contributed by atoms with Crippen molar-refractivity contribution in [2.45, 2.75) is 19.6 Å². The molecule has 0 radical (unpaired) electrons. The van der Waals surface area contributed by atoms with Crippen LogP contribution in [0.4, 0.5) is 0 Å². The Morgan fingerprint density at radius 3 is 2.81 bits per heavy atom. The fourth-order valence-electron chi connectivity index (χ4n) is 1.14. The van der Waals surface area contributed by atoms with Crippen molar-refractivity contribution >= 4 is 27.3 Å². The number of carbonyl (C=O) groups excluding carboxylic acids is 1. The Hall–Kier alpha value is -1.46. The van der Waals surface area contributed by atoms with E-state index in [4.69, 9.17) is 4.74 Å². The van der Waals surface area contributed by atoms with Crippen LogP contribution >= 0.6 is 11.3 Å². The summed E-state index contributed by atoms with van der Waals surface area (Å²) in [6.07, 6.45) is 0. The molecule has 0 saturated heterocycles. The first-order valence-electron chi connectivity index (χ1n) is 4.77. The van der Waals surface area contributed by atoms with Crippen molar-refractivity contribution in [1.29, 1.82) is 0 Å². The van der Waals surface area contributed by atoms with E-state index in [-0.39, 0.29) is 0 Å². The summed E-state index contributed by atoms with van der Waals surface area (Å²) in [5, 5.41) is 9.96. The number of Topliss-reactive ketones (excluding diaryl/α,β-unsaturated/α-hetero) is 1. The Bertz CT molecular complexity index is 500. The molecule has 0 aliphatic rings. The first-order chi connectivity index (χ1) is 7.49. The molecule has 1 unspecified atom stereocenters. The SMILES string of the molecule is CC(=O)C(C)(O)Oc1nc2ccccc2s1. The molecule has 2 rings (SSSR count). The largest absolute Gasteiger partial charge is 0.430 e. The Labute approximate surface area is 96.5 Å². The Morgan fingerprint density at radius 2 is 2.19 bits per heavy atom. The summed E-state index contributed by atoms with van der Waals surface area (Å²) in [4.78, 5) is 15.3. The van der Waals surface area contributed by atoms with E-state index in [1.54, 1.807) is 0 Å². The van der Waals surface area contributed by atoms with Crippen molar-refractivity contribution in [2.24, 2.45) is 0 Å². The van der Waals surface area contributed by atoms with Crippen LogP contribution in [0.5, 0.6) is 5.19 Å². The number of nitrogens with zero attached hydrogens (tertiary/aromatic N) is 1. The highest BCUT2D eigenvalue weighted by Crippen LogP contribution is 2.29. The summed E-state index contributed by atoms with van der Waals surface area (Å²) in [6, 6.07) is 7.52. The van der Waals surface area contributed by atoms with Gasteiger partial charge in [0.25, 0.3) is 11.0 Å². The molecule has 4 nitrogen and oxygen atoms in total. The summed E-state index contributed by atoms with van der Waals surface area (Å²) < 4.78 is 6.12. The zero-order valence-corrected chi connectivity index (χ0v) is 9.75. The van der Waals surface area contributed by atoms with E-state index in [0.717, 1.165) is 10.2 Å². The second-order valence-electron chi connectivity index (χ2n) is 3.59. The average Bonchev–Trinajstić information content (AvgIpc) is 2.58. The first-order valence-corrected chi connectivity index (χ1v) is 5.59. The van der Waals surface area contributed by atoms with E-state index in [1.165, 1.54) is 25.2 Å². The van der Waals surface area contributed by atoms with Crippen LogP contribution < -0.4 is 4.74 Å². The second-order valence-corrected chi connectivity index (χ2v) is 4.58. The summed E-state index contributed by atoms with van der Waals surface area (Å²) in [6.45, 7) is 2.58. The molecule has 1 aromatic heterocycles. The maximum Gasteiger partial charge on any atom is 0.277 e. The van der Waals surface area contributed by atoms with Crippen LogP contribution in [0.25, 0.3) is 10.2 Å². The van der Waals surface area contributed by atoms with Crippen LogP contribution in [0.3, 0.4) is 0 Å². The van der Waals surface area contributed by atoms with Crippen molar-refractivity contribution in [3.8, 4) is 5.19 Å². The zero-order valence-electron chi connectivity index (χ0n) is 8.93. The lowest BCUT2D eigenvalue weighted by Crippen LogP contribution is -2.39. The molecule has 0 amide bonds. The predicted molar refractivity (Wildman–Crippen MR) is 61.6 cm³/mol. The number of hydrogen-bond acceptors (Lipinski definition) is 5. The van der Waals surface area contributed by atoms with E-state index < -0.39 is 11.6 Å². The monoisotopic (exact) mass is 237 g/mol. The highest BCUT2D eigenvalue weighted by Gasteiger charge is 2.29. The fourth-order valence-corrected chi connectivity index (χ4v) is 2.04. The molecule has 1 aromatic carbocycles. The number of aromatic nitrogens is 1. The Kier molecular flexibility index (Phi) is 2.65. The van der Waals surface area contributed by atoms with Crippen molar-refractivity contribution < 1.29 is 14.6 Å². The molecule has 1 heterocycles. The predicted octanol–water partition coefficient (Wildman–Crippen LogP) is 1.97. The van der Waals surface area contributed by atoms with Gasteiger partial charge < -0.3 is 9.84 Å². The van der Waals surface area contributed by atoms with E-state index in [2.05, 4.69) is 4.98 Å². The van der Waals surface area contributed by atoms with Crippen molar-refractivity contribution in [1.82, 2.24) is 4.98 Å². The van der Waals surface area contributed by atoms with Crippen molar-refractivity contribution in [3.05, 3.63) is 24.3 Å². The lowest BCUT2D eigenvalue weighted by atomic mass is 10.2. The third-order valence-electron chi connectivity index (χ3n) is 2.21. The van der Waals surface area contributed by atoms with Gasteiger partial charge >= 0.3 is 0 Å². The molecular weight excluding hydrogens is 226 g/mol. The van der Waals surface area contributed by atoms with Crippen LogP contribution in [0, 0.1) is 0 Å². The minimum absolute atomic E-state index is 0.293. The number of ether oxygens (including phenoxy) is 1. The maximum atomic E-state index is 11.1. The lowest BCUT2D eigenvalue weighted by molar-refractivity contribution is -0.164. The number of benzene rings is 1. The van der Waals surface area contributed by atoms with E-state index >= 15 is 0 Å². The summed E-state index contributed by atoms with van der Waals surface area (Å²) in [5.74, 6) is -2.26. The van der Waals surface area contributed by atoms with Gasteiger partial charge in [-0.2, -0.15) is 0 Å². The van der Waals surface area contributed by atoms with E-state index in [1.807, 2.05) is 24.3 Å². The molecule has 1 N–H and O–H groups in total.